The largest absolute Gasteiger partial charge is 0.438 e. The van der Waals surface area contributed by atoms with Gasteiger partial charge in [-0.3, -0.25) is 9.59 Å². The SMILES string of the molecule is O=C(OCn1nnc2ccccc2c1=O)C1=NN(c2ccccc2)C(=O)CC1. The van der Waals surface area contributed by atoms with Crippen molar-refractivity contribution in [1.82, 2.24) is 15.0 Å². The molecule has 0 fully saturated rings. The lowest BCUT2D eigenvalue weighted by molar-refractivity contribution is -0.140. The standard InChI is InChI=1S/C19H15N5O4/c25-17-11-10-16(21-24(17)13-6-2-1-3-7-13)19(27)28-12-23-18(26)14-8-4-5-9-15(14)20-22-23/h1-9H,10-12H2. The molecule has 9 heteroatoms. The van der Waals surface area contributed by atoms with Crippen molar-refractivity contribution in [3.8, 4) is 0 Å². The van der Waals surface area contributed by atoms with Crippen LogP contribution in [0.15, 0.2) is 64.5 Å². The van der Waals surface area contributed by atoms with Gasteiger partial charge in [-0.1, -0.05) is 35.5 Å². The second-order valence-electron chi connectivity index (χ2n) is 6.06. The van der Waals surface area contributed by atoms with E-state index in [2.05, 4.69) is 15.4 Å². The minimum Gasteiger partial charge on any atom is -0.438 e. The van der Waals surface area contributed by atoms with E-state index in [0.29, 0.717) is 16.6 Å². The zero-order chi connectivity index (χ0) is 19.5. The number of aromatic nitrogens is 3. The topological polar surface area (TPSA) is 107 Å². The maximum absolute atomic E-state index is 12.4. The Labute approximate surface area is 158 Å². The summed E-state index contributed by atoms with van der Waals surface area (Å²) in [6.45, 7) is -0.395. The molecular formula is C19H15N5O4. The summed E-state index contributed by atoms with van der Waals surface area (Å²) in [6.07, 6.45) is 0.303. The lowest BCUT2D eigenvalue weighted by Crippen LogP contribution is -2.35. The van der Waals surface area contributed by atoms with Crippen molar-refractivity contribution in [2.45, 2.75) is 19.6 Å². The molecule has 0 saturated heterocycles. The fourth-order valence-electron chi connectivity index (χ4n) is 2.78. The number of rotatable bonds is 4. The van der Waals surface area contributed by atoms with Crippen LogP contribution in [0.5, 0.6) is 0 Å². The highest BCUT2D eigenvalue weighted by atomic mass is 16.5. The number of esters is 1. The van der Waals surface area contributed by atoms with Gasteiger partial charge in [-0.15, -0.1) is 5.10 Å². The normalized spacial score (nSPS) is 14.1. The van der Waals surface area contributed by atoms with Crippen LogP contribution >= 0.6 is 0 Å². The van der Waals surface area contributed by atoms with Crippen LogP contribution in [0.25, 0.3) is 10.9 Å². The molecule has 0 saturated carbocycles. The summed E-state index contributed by atoms with van der Waals surface area (Å²) in [5, 5.41) is 13.4. The first-order chi connectivity index (χ1) is 13.6. The van der Waals surface area contributed by atoms with Crippen molar-refractivity contribution in [2.24, 2.45) is 5.10 Å². The van der Waals surface area contributed by atoms with Gasteiger partial charge in [0.05, 0.1) is 11.1 Å². The second kappa shape index (κ2) is 7.39. The second-order valence-corrected chi connectivity index (χ2v) is 6.06. The predicted molar refractivity (Wildman–Crippen MR) is 100 cm³/mol. The van der Waals surface area contributed by atoms with E-state index in [4.69, 9.17) is 4.74 Å². The Morgan fingerprint density at radius 1 is 1.00 bits per heavy atom. The Morgan fingerprint density at radius 3 is 2.57 bits per heavy atom. The highest BCUT2D eigenvalue weighted by Gasteiger charge is 2.26. The number of fused-ring (bicyclic) bond motifs is 1. The molecule has 0 aliphatic carbocycles. The number of anilines is 1. The number of para-hydroxylation sites is 1. The van der Waals surface area contributed by atoms with Crippen LogP contribution in [0.1, 0.15) is 12.8 Å². The molecule has 2 heterocycles. The predicted octanol–water partition coefficient (Wildman–Crippen LogP) is 1.48. The van der Waals surface area contributed by atoms with Crippen LogP contribution < -0.4 is 10.6 Å². The fourth-order valence-corrected chi connectivity index (χ4v) is 2.78. The molecule has 0 spiro atoms. The van der Waals surface area contributed by atoms with Crippen LogP contribution in [0.3, 0.4) is 0 Å². The Kier molecular flexibility index (Phi) is 4.63. The first-order valence-corrected chi connectivity index (χ1v) is 8.58. The van der Waals surface area contributed by atoms with Gasteiger partial charge in [-0.2, -0.15) is 9.78 Å². The van der Waals surface area contributed by atoms with Gasteiger partial charge in [-0.05, 0) is 24.3 Å². The van der Waals surface area contributed by atoms with Gasteiger partial charge in [0.15, 0.2) is 6.73 Å². The van der Waals surface area contributed by atoms with E-state index in [-0.39, 0.29) is 24.5 Å². The molecule has 0 unspecified atom stereocenters. The molecule has 140 valence electrons. The number of nitrogens with zero attached hydrogens (tertiary/aromatic N) is 5. The molecule has 1 aromatic heterocycles. The molecule has 1 aliphatic rings. The average Bonchev–Trinajstić information content (AvgIpc) is 2.74. The number of hydrogen-bond donors (Lipinski definition) is 0. The van der Waals surface area contributed by atoms with Crippen molar-refractivity contribution in [3.05, 3.63) is 65.0 Å². The Hall–Kier alpha value is -3.88. The molecule has 1 amide bonds. The van der Waals surface area contributed by atoms with Crippen LogP contribution in [0.2, 0.25) is 0 Å². The molecule has 2 aromatic carbocycles. The molecule has 0 N–H and O–H groups in total. The monoisotopic (exact) mass is 377 g/mol. The number of carbonyl (C=O) groups is 2. The summed E-state index contributed by atoms with van der Waals surface area (Å²) >= 11 is 0. The number of hydrogen-bond acceptors (Lipinski definition) is 7. The summed E-state index contributed by atoms with van der Waals surface area (Å²) in [6, 6.07) is 15.6. The fraction of sp³-hybridized carbons (Fsp3) is 0.158. The molecule has 1 aliphatic heterocycles. The van der Waals surface area contributed by atoms with Crippen molar-refractivity contribution in [3.63, 3.8) is 0 Å². The van der Waals surface area contributed by atoms with Gasteiger partial charge < -0.3 is 4.74 Å². The zero-order valence-corrected chi connectivity index (χ0v) is 14.7. The quantitative estimate of drug-likeness (QED) is 0.638. The Bertz CT molecular complexity index is 1140. The molecule has 3 aromatic rings. The third-order valence-corrected chi connectivity index (χ3v) is 4.22. The number of benzene rings is 2. The number of hydrazone groups is 1. The lowest BCUT2D eigenvalue weighted by Gasteiger charge is -2.22. The minimum absolute atomic E-state index is 0.102. The van der Waals surface area contributed by atoms with Gasteiger partial charge in [-0.25, -0.2) is 9.80 Å². The van der Waals surface area contributed by atoms with Crippen LogP contribution in [0.4, 0.5) is 5.69 Å². The van der Waals surface area contributed by atoms with Crippen LogP contribution in [-0.2, 0) is 21.1 Å². The Morgan fingerprint density at radius 2 is 1.75 bits per heavy atom. The van der Waals surface area contributed by atoms with Crippen molar-refractivity contribution in [2.75, 3.05) is 5.01 Å². The van der Waals surface area contributed by atoms with Crippen molar-refractivity contribution in [1.29, 1.82) is 0 Å². The van der Waals surface area contributed by atoms with Gasteiger partial charge in [0, 0.05) is 12.8 Å². The number of ether oxygens (including phenoxy) is 1. The minimum atomic E-state index is -0.713. The van der Waals surface area contributed by atoms with Gasteiger partial charge in [0.2, 0.25) is 5.91 Å². The van der Waals surface area contributed by atoms with E-state index in [9.17, 15) is 14.4 Å². The molecule has 0 radical (unpaired) electrons. The van der Waals surface area contributed by atoms with E-state index in [1.165, 1.54) is 5.01 Å². The highest BCUT2D eigenvalue weighted by molar-refractivity contribution is 6.37. The molecule has 0 bridgehead atoms. The third kappa shape index (κ3) is 3.37. The molecule has 0 atom stereocenters. The molecular weight excluding hydrogens is 362 g/mol. The van der Waals surface area contributed by atoms with E-state index < -0.39 is 18.3 Å². The first-order valence-electron chi connectivity index (χ1n) is 8.58. The van der Waals surface area contributed by atoms with E-state index in [0.717, 1.165) is 4.68 Å². The smallest absolute Gasteiger partial charge is 0.356 e. The summed E-state index contributed by atoms with van der Waals surface area (Å²) < 4.78 is 6.13. The number of carbonyl (C=O) groups excluding carboxylic acids is 2. The lowest BCUT2D eigenvalue weighted by atomic mass is 10.1. The number of amides is 1. The third-order valence-electron chi connectivity index (χ3n) is 4.22. The highest BCUT2D eigenvalue weighted by Crippen LogP contribution is 2.20. The summed E-state index contributed by atoms with van der Waals surface area (Å²) in [7, 11) is 0. The van der Waals surface area contributed by atoms with Gasteiger partial charge in [0.25, 0.3) is 5.56 Å². The van der Waals surface area contributed by atoms with Crippen molar-refractivity contribution >= 4 is 34.2 Å². The summed E-state index contributed by atoms with van der Waals surface area (Å²) in [5.41, 5.74) is 0.716. The molecule has 28 heavy (non-hydrogen) atoms. The van der Waals surface area contributed by atoms with Crippen LogP contribution in [0, 0.1) is 0 Å². The molecule has 9 nitrogen and oxygen atoms in total. The van der Waals surface area contributed by atoms with E-state index >= 15 is 0 Å². The molecule has 4 rings (SSSR count). The maximum atomic E-state index is 12.4. The van der Waals surface area contributed by atoms with Crippen molar-refractivity contribution < 1.29 is 14.3 Å². The van der Waals surface area contributed by atoms with E-state index in [1.54, 1.807) is 48.5 Å². The maximum Gasteiger partial charge on any atom is 0.356 e. The first kappa shape index (κ1) is 17.5. The Balaban J connectivity index is 1.52. The van der Waals surface area contributed by atoms with Gasteiger partial charge in [0.1, 0.15) is 11.2 Å². The van der Waals surface area contributed by atoms with Gasteiger partial charge >= 0.3 is 5.97 Å². The average molecular weight is 377 g/mol. The van der Waals surface area contributed by atoms with E-state index in [1.807, 2.05) is 6.07 Å². The summed E-state index contributed by atoms with van der Waals surface area (Å²) in [4.78, 5) is 36.9. The zero-order valence-electron chi connectivity index (χ0n) is 14.7. The summed E-state index contributed by atoms with van der Waals surface area (Å²) in [5.74, 6) is -0.922. The van der Waals surface area contributed by atoms with Crippen LogP contribution in [-0.4, -0.2) is 32.6 Å².